The summed E-state index contributed by atoms with van der Waals surface area (Å²) >= 11 is 0. The molecule has 1 heterocycles. The van der Waals surface area contributed by atoms with Gasteiger partial charge >= 0.3 is 0 Å². The van der Waals surface area contributed by atoms with Gasteiger partial charge in [0.05, 0.1) is 6.10 Å². The second-order valence-corrected chi connectivity index (χ2v) is 2.33. The normalized spacial score (nSPS) is 12.5. The van der Waals surface area contributed by atoms with Crippen LogP contribution in [0.15, 0.2) is 37.1 Å². The molecule has 0 aliphatic carbocycles. The molecule has 0 fully saturated rings. The summed E-state index contributed by atoms with van der Waals surface area (Å²) in [5, 5.41) is 9.15. The lowest BCUT2D eigenvalue weighted by atomic mass is 10.2. The second-order valence-electron chi connectivity index (χ2n) is 2.33. The van der Waals surface area contributed by atoms with Gasteiger partial charge in [0, 0.05) is 18.3 Å². The van der Waals surface area contributed by atoms with Crippen LogP contribution in [0.5, 0.6) is 0 Å². The van der Waals surface area contributed by atoms with E-state index in [0.29, 0.717) is 6.42 Å². The van der Waals surface area contributed by atoms with E-state index in [0.717, 1.165) is 5.69 Å². The molecular formula is C9H11NO. The Morgan fingerprint density at radius 3 is 3.00 bits per heavy atom. The number of aromatic nitrogens is 1. The first kappa shape index (κ1) is 7.95. The molecule has 58 valence electrons. The fraction of sp³-hybridized carbons (Fsp3) is 0.222. The first-order valence-corrected chi connectivity index (χ1v) is 3.53. The molecule has 2 nitrogen and oxygen atoms in total. The molecule has 0 amide bonds. The van der Waals surface area contributed by atoms with Crippen LogP contribution in [0, 0.1) is 0 Å². The summed E-state index contributed by atoms with van der Waals surface area (Å²) in [5.41, 5.74) is 0.889. The summed E-state index contributed by atoms with van der Waals surface area (Å²) in [6.07, 6.45) is 3.29. The largest absolute Gasteiger partial charge is 0.389 e. The van der Waals surface area contributed by atoms with Gasteiger partial charge in [0.1, 0.15) is 0 Å². The topological polar surface area (TPSA) is 33.1 Å². The predicted octanol–water partition coefficient (Wildman–Crippen LogP) is 1.17. The third kappa shape index (κ3) is 2.51. The van der Waals surface area contributed by atoms with Crippen molar-refractivity contribution in [2.75, 3.05) is 0 Å². The van der Waals surface area contributed by atoms with Crippen LogP contribution >= 0.6 is 0 Å². The van der Waals surface area contributed by atoms with Gasteiger partial charge in [0.15, 0.2) is 0 Å². The third-order valence-electron chi connectivity index (χ3n) is 1.42. The average Bonchev–Trinajstić information content (AvgIpc) is 2.06. The highest BCUT2D eigenvalue weighted by atomic mass is 16.3. The van der Waals surface area contributed by atoms with E-state index in [1.54, 1.807) is 6.20 Å². The van der Waals surface area contributed by atoms with E-state index < -0.39 is 6.10 Å². The predicted molar refractivity (Wildman–Crippen MR) is 44.1 cm³/mol. The van der Waals surface area contributed by atoms with Gasteiger partial charge in [-0.2, -0.15) is 0 Å². The molecule has 0 saturated carbocycles. The van der Waals surface area contributed by atoms with Gasteiger partial charge in [-0.3, -0.25) is 4.98 Å². The van der Waals surface area contributed by atoms with E-state index in [9.17, 15) is 0 Å². The van der Waals surface area contributed by atoms with Crippen LogP contribution in [0.4, 0.5) is 0 Å². The van der Waals surface area contributed by atoms with Gasteiger partial charge in [0.25, 0.3) is 0 Å². The van der Waals surface area contributed by atoms with E-state index in [4.69, 9.17) is 5.11 Å². The first-order chi connectivity index (χ1) is 5.33. The molecule has 0 aliphatic rings. The molecule has 1 aromatic rings. The average molecular weight is 149 g/mol. The molecule has 2 heteroatoms. The Morgan fingerprint density at radius 1 is 1.64 bits per heavy atom. The van der Waals surface area contributed by atoms with Crippen molar-refractivity contribution in [3.63, 3.8) is 0 Å². The van der Waals surface area contributed by atoms with Crippen LogP contribution in [0.25, 0.3) is 0 Å². The summed E-state index contributed by atoms with van der Waals surface area (Å²) in [6.45, 7) is 3.48. The highest BCUT2D eigenvalue weighted by Gasteiger charge is 1.99. The van der Waals surface area contributed by atoms with Crippen LogP contribution in [-0.4, -0.2) is 16.2 Å². The van der Waals surface area contributed by atoms with E-state index in [1.165, 1.54) is 6.08 Å². The Labute approximate surface area is 66.2 Å². The summed E-state index contributed by atoms with van der Waals surface area (Å²) in [4.78, 5) is 4.06. The Morgan fingerprint density at radius 2 is 2.45 bits per heavy atom. The second kappa shape index (κ2) is 3.88. The lowest BCUT2D eigenvalue weighted by Gasteiger charge is -2.02. The minimum Gasteiger partial charge on any atom is -0.389 e. The Hall–Kier alpha value is -1.15. The SMILES string of the molecule is C=C[C@H](O)Cc1ccccn1. The quantitative estimate of drug-likeness (QED) is 0.654. The molecule has 0 unspecified atom stereocenters. The summed E-state index contributed by atoms with van der Waals surface area (Å²) in [7, 11) is 0. The van der Waals surface area contributed by atoms with Gasteiger partial charge < -0.3 is 5.11 Å². The molecule has 0 spiro atoms. The van der Waals surface area contributed by atoms with E-state index in [1.807, 2.05) is 18.2 Å². The zero-order valence-electron chi connectivity index (χ0n) is 6.27. The van der Waals surface area contributed by atoms with Gasteiger partial charge in [-0.1, -0.05) is 12.1 Å². The summed E-state index contributed by atoms with van der Waals surface area (Å²) in [6, 6.07) is 5.63. The van der Waals surface area contributed by atoms with Crippen molar-refractivity contribution in [1.29, 1.82) is 0 Å². The van der Waals surface area contributed by atoms with Gasteiger partial charge in [-0.05, 0) is 12.1 Å². The summed E-state index contributed by atoms with van der Waals surface area (Å²) in [5.74, 6) is 0. The fourth-order valence-corrected chi connectivity index (χ4v) is 0.816. The number of aliphatic hydroxyl groups excluding tert-OH is 1. The Kier molecular flexibility index (Phi) is 2.81. The van der Waals surface area contributed by atoms with Crippen molar-refractivity contribution in [2.24, 2.45) is 0 Å². The molecule has 1 N–H and O–H groups in total. The lowest BCUT2D eigenvalue weighted by molar-refractivity contribution is 0.223. The Bertz CT molecular complexity index is 220. The smallest absolute Gasteiger partial charge is 0.0773 e. The van der Waals surface area contributed by atoms with Crippen molar-refractivity contribution in [1.82, 2.24) is 4.98 Å². The maximum absolute atomic E-state index is 9.15. The third-order valence-corrected chi connectivity index (χ3v) is 1.42. The van der Waals surface area contributed by atoms with Crippen molar-refractivity contribution in [2.45, 2.75) is 12.5 Å². The molecule has 1 atom stereocenters. The van der Waals surface area contributed by atoms with Crippen LogP contribution in [-0.2, 0) is 6.42 Å². The van der Waals surface area contributed by atoms with Gasteiger partial charge in [-0.15, -0.1) is 6.58 Å². The standard InChI is InChI=1S/C9H11NO/c1-2-9(11)7-8-5-3-4-6-10-8/h2-6,9,11H,1,7H2/t9-/m0/s1. The zero-order valence-corrected chi connectivity index (χ0v) is 6.27. The molecule has 1 rings (SSSR count). The first-order valence-electron chi connectivity index (χ1n) is 3.53. The fourth-order valence-electron chi connectivity index (χ4n) is 0.816. The molecule has 1 aromatic heterocycles. The molecule has 0 saturated heterocycles. The van der Waals surface area contributed by atoms with Gasteiger partial charge in [0.2, 0.25) is 0 Å². The minimum atomic E-state index is -0.482. The lowest BCUT2D eigenvalue weighted by Crippen LogP contribution is -2.06. The molecule has 0 radical (unpaired) electrons. The minimum absolute atomic E-state index is 0.482. The number of hydrogen-bond donors (Lipinski definition) is 1. The van der Waals surface area contributed by atoms with Crippen LogP contribution < -0.4 is 0 Å². The van der Waals surface area contributed by atoms with Crippen molar-refractivity contribution >= 4 is 0 Å². The number of pyridine rings is 1. The number of aliphatic hydroxyl groups is 1. The number of rotatable bonds is 3. The maximum Gasteiger partial charge on any atom is 0.0773 e. The van der Waals surface area contributed by atoms with Crippen LogP contribution in [0.2, 0.25) is 0 Å². The molecule has 11 heavy (non-hydrogen) atoms. The maximum atomic E-state index is 9.15. The van der Waals surface area contributed by atoms with E-state index in [2.05, 4.69) is 11.6 Å². The van der Waals surface area contributed by atoms with E-state index in [-0.39, 0.29) is 0 Å². The summed E-state index contributed by atoms with van der Waals surface area (Å²) < 4.78 is 0. The van der Waals surface area contributed by atoms with Crippen molar-refractivity contribution in [3.8, 4) is 0 Å². The molecule has 0 aromatic carbocycles. The van der Waals surface area contributed by atoms with Crippen LogP contribution in [0.1, 0.15) is 5.69 Å². The monoisotopic (exact) mass is 149 g/mol. The number of hydrogen-bond acceptors (Lipinski definition) is 2. The Balaban J connectivity index is 2.57. The molecular weight excluding hydrogens is 138 g/mol. The van der Waals surface area contributed by atoms with Crippen molar-refractivity contribution < 1.29 is 5.11 Å². The number of nitrogens with zero attached hydrogens (tertiary/aromatic N) is 1. The van der Waals surface area contributed by atoms with E-state index >= 15 is 0 Å². The highest BCUT2D eigenvalue weighted by molar-refractivity contribution is 5.06. The van der Waals surface area contributed by atoms with Gasteiger partial charge in [-0.25, -0.2) is 0 Å². The molecule has 0 aliphatic heterocycles. The highest BCUT2D eigenvalue weighted by Crippen LogP contribution is 1.98. The van der Waals surface area contributed by atoms with Crippen LogP contribution in [0.3, 0.4) is 0 Å². The zero-order chi connectivity index (χ0) is 8.10. The molecule has 0 bridgehead atoms. The van der Waals surface area contributed by atoms with Crippen molar-refractivity contribution in [3.05, 3.63) is 42.7 Å².